The second kappa shape index (κ2) is 8.77. The van der Waals surface area contributed by atoms with E-state index in [9.17, 15) is 4.79 Å². The Kier molecular flexibility index (Phi) is 5.67. The van der Waals surface area contributed by atoms with Crippen molar-refractivity contribution >= 4 is 33.2 Å². The summed E-state index contributed by atoms with van der Waals surface area (Å²) in [7, 11) is 0. The highest BCUT2D eigenvalue weighted by Gasteiger charge is 2.22. The minimum atomic E-state index is -0.0334. The molecular formula is C27H29N5O. The van der Waals surface area contributed by atoms with Gasteiger partial charge in [-0.3, -0.25) is 13.9 Å². The Hall–Kier alpha value is -3.54. The highest BCUT2D eigenvalue weighted by Crippen LogP contribution is 2.29. The van der Waals surface area contributed by atoms with Crippen LogP contribution in [0.4, 0.5) is 0 Å². The van der Waals surface area contributed by atoms with Crippen molar-refractivity contribution in [1.29, 1.82) is 0 Å². The normalized spacial score (nSPS) is 11.7. The van der Waals surface area contributed by atoms with Crippen LogP contribution in [0.3, 0.4) is 0 Å². The molecule has 0 aliphatic heterocycles. The van der Waals surface area contributed by atoms with E-state index in [2.05, 4.69) is 26.0 Å². The molecule has 0 bridgehead atoms. The number of rotatable bonds is 7. The standard InChI is InChI=1S/C27H29N5O/c1-4-6-7-10-16-31-18(3)28-25-23(27(31)33)24-26(30-22-15-9-8-14-21(22)29-24)32(25)20-13-11-12-19(5-2)17-20/h8-9,11-15,17H,4-7,10,16H2,1-3H3. The molecule has 33 heavy (non-hydrogen) atoms. The molecule has 0 unspecified atom stereocenters. The molecule has 168 valence electrons. The summed E-state index contributed by atoms with van der Waals surface area (Å²) < 4.78 is 3.81. The molecule has 6 nitrogen and oxygen atoms in total. The first-order chi connectivity index (χ1) is 16.1. The van der Waals surface area contributed by atoms with Crippen LogP contribution in [0.2, 0.25) is 0 Å². The van der Waals surface area contributed by atoms with E-state index in [4.69, 9.17) is 15.0 Å². The number of aromatic nitrogens is 5. The van der Waals surface area contributed by atoms with Gasteiger partial charge < -0.3 is 0 Å². The molecular weight excluding hydrogens is 410 g/mol. The van der Waals surface area contributed by atoms with Crippen LogP contribution in [-0.4, -0.2) is 24.1 Å². The lowest BCUT2D eigenvalue weighted by Crippen LogP contribution is -2.24. The molecule has 2 aromatic carbocycles. The summed E-state index contributed by atoms with van der Waals surface area (Å²) in [6.07, 6.45) is 5.34. The van der Waals surface area contributed by atoms with Gasteiger partial charge in [-0.2, -0.15) is 0 Å². The van der Waals surface area contributed by atoms with E-state index in [1.165, 1.54) is 12.0 Å². The van der Waals surface area contributed by atoms with Crippen LogP contribution in [0.1, 0.15) is 50.9 Å². The maximum Gasteiger partial charge on any atom is 0.265 e. The Bertz CT molecular complexity index is 1530. The zero-order chi connectivity index (χ0) is 22.9. The molecule has 0 amide bonds. The van der Waals surface area contributed by atoms with Gasteiger partial charge in [-0.25, -0.2) is 15.0 Å². The molecule has 3 aromatic heterocycles. The highest BCUT2D eigenvalue weighted by atomic mass is 16.1. The van der Waals surface area contributed by atoms with Crippen molar-refractivity contribution in [2.45, 2.75) is 59.4 Å². The van der Waals surface area contributed by atoms with Crippen molar-refractivity contribution in [1.82, 2.24) is 24.1 Å². The smallest absolute Gasteiger partial charge is 0.265 e. The molecule has 0 atom stereocenters. The van der Waals surface area contributed by atoms with Crippen LogP contribution in [0.5, 0.6) is 0 Å². The summed E-state index contributed by atoms with van der Waals surface area (Å²) >= 11 is 0. The van der Waals surface area contributed by atoms with Crippen LogP contribution in [-0.2, 0) is 13.0 Å². The van der Waals surface area contributed by atoms with Crippen LogP contribution in [0.15, 0.2) is 53.3 Å². The van der Waals surface area contributed by atoms with E-state index in [1.807, 2.05) is 47.9 Å². The van der Waals surface area contributed by atoms with Crippen molar-refractivity contribution in [3.8, 4) is 5.69 Å². The lowest BCUT2D eigenvalue weighted by Gasteiger charge is -2.11. The van der Waals surface area contributed by atoms with Crippen molar-refractivity contribution in [3.63, 3.8) is 0 Å². The van der Waals surface area contributed by atoms with Gasteiger partial charge >= 0.3 is 0 Å². The monoisotopic (exact) mass is 439 g/mol. The number of para-hydroxylation sites is 2. The number of hydrogen-bond acceptors (Lipinski definition) is 4. The first-order valence-electron chi connectivity index (χ1n) is 11.9. The van der Waals surface area contributed by atoms with E-state index in [0.717, 1.165) is 48.2 Å². The predicted molar refractivity (Wildman–Crippen MR) is 134 cm³/mol. The summed E-state index contributed by atoms with van der Waals surface area (Å²) in [5.41, 5.74) is 5.63. The highest BCUT2D eigenvalue weighted by molar-refractivity contribution is 6.05. The van der Waals surface area contributed by atoms with Crippen molar-refractivity contribution in [2.24, 2.45) is 0 Å². The predicted octanol–water partition coefficient (Wildman–Crippen LogP) is 5.73. The summed E-state index contributed by atoms with van der Waals surface area (Å²) in [6, 6.07) is 16.1. The van der Waals surface area contributed by atoms with Gasteiger partial charge in [0, 0.05) is 12.2 Å². The summed E-state index contributed by atoms with van der Waals surface area (Å²) in [6.45, 7) is 6.92. The number of fused-ring (bicyclic) bond motifs is 4. The molecule has 0 spiro atoms. The van der Waals surface area contributed by atoms with Gasteiger partial charge in [0.15, 0.2) is 11.3 Å². The molecule has 0 N–H and O–H groups in total. The van der Waals surface area contributed by atoms with Crippen molar-refractivity contribution in [2.75, 3.05) is 0 Å². The quantitative estimate of drug-likeness (QED) is 0.304. The molecule has 0 aliphatic rings. The number of benzene rings is 2. The fourth-order valence-corrected chi connectivity index (χ4v) is 4.55. The minimum absolute atomic E-state index is 0.0334. The van der Waals surface area contributed by atoms with Gasteiger partial charge in [0.25, 0.3) is 5.56 Å². The number of nitrogens with zero attached hydrogens (tertiary/aromatic N) is 5. The van der Waals surface area contributed by atoms with E-state index in [1.54, 1.807) is 4.57 Å². The van der Waals surface area contributed by atoms with Gasteiger partial charge in [-0.1, -0.05) is 57.4 Å². The van der Waals surface area contributed by atoms with Crippen LogP contribution >= 0.6 is 0 Å². The van der Waals surface area contributed by atoms with Crippen LogP contribution in [0.25, 0.3) is 38.9 Å². The largest absolute Gasteiger partial charge is 0.296 e. The van der Waals surface area contributed by atoms with Gasteiger partial charge in [0.1, 0.15) is 16.7 Å². The molecule has 0 radical (unpaired) electrons. The average molecular weight is 440 g/mol. The molecule has 0 aliphatic carbocycles. The summed E-state index contributed by atoms with van der Waals surface area (Å²) in [5.74, 6) is 0.726. The third-order valence-corrected chi connectivity index (χ3v) is 6.37. The fraction of sp³-hybridized carbons (Fsp3) is 0.333. The zero-order valence-electron chi connectivity index (χ0n) is 19.5. The fourth-order valence-electron chi connectivity index (χ4n) is 4.55. The maximum absolute atomic E-state index is 13.8. The summed E-state index contributed by atoms with van der Waals surface area (Å²) in [5, 5.41) is 0.547. The van der Waals surface area contributed by atoms with E-state index >= 15 is 0 Å². The molecule has 6 heteroatoms. The average Bonchev–Trinajstić information content (AvgIpc) is 3.14. The van der Waals surface area contributed by atoms with E-state index in [-0.39, 0.29) is 5.56 Å². The minimum Gasteiger partial charge on any atom is -0.296 e. The summed E-state index contributed by atoms with van der Waals surface area (Å²) in [4.78, 5) is 28.6. The molecule has 0 fully saturated rings. The van der Waals surface area contributed by atoms with E-state index < -0.39 is 0 Å². The second-order valence-corrected chi connectivity index (χ2v) is 8.62. The first kappa shape index (κ1) is 21.3. The number of unbranched alkanes of at least 4 members (excludes halogenated alkanes) is 3. The molecule has 0 saturated carbocycles. The zero-order valence-corrected chi connectivity index (χ0v) is 19.5. The lowest BCUT2D eigenvalue weighted by atomic mass is 10.1. The Morgan fingerprint density at radius 1 is 0.848 bits per heavy atom. The van der Waals surface area contributed by atoms with Gasteiger partial charge in [-0.05, 0) is 49.6 Å². The Morgan fingerprint density at radius 3 is 2.39 bits per heavy atom. The Labute approximate surface area is 192 Å². The Balaban J connectivity index is 1.84. The van der Waals surface area contributed by atoms with Crippen molar-refractivity contribution < 1.29 is 0 Å². The SMILES string of the molecule is CCCCCCn1c(C)nc2c(c1=O)c1nc3ccccc3nc1n2-c1cccc(CC)c1. The third kappa shape index (κ3) is 3.69. The molecule has 3 heterocycles. The third-order valence-electron chi connectivity index (χ3n) is 6.37. The van der Waals surface area contributed by atoms with E-state index in [0.29, 0.717) is 28.7 Å². The van der Waals surface area contributed by atoms with Crippen LogP contribution < -0.4 is 5.56 Å². The maximum atomic E-state index is 13.8. The topological polar surface area (TPSA) is 65.6 Å². The lowest BCUT2D eigenvalue weighted by molar-refractivity contribution is 0.556. The molecule has 0 saturated heterocycles. The van der Waals surface area contributed by atoms with Gasteiger partial charge in [-0.15, -0.1) is 0 Å². The van der Waals surface area contributed by atoms with Crippen molar-refractivity contribution in [3.05, 3.63) is 70.3 Å². The molecule has 5 aromatic rings. The number of hydrogen-bond donors (Lipinski definition) is 0. The van der Waals surface area contributed by atoms with Gasteiger partial charge in [0.2, 0.25) is 0 Å². The van der Waals surface area contributed by atoms with Gasteiger partial charge in [0.05, 0.1) is 11.0 Å². The molecule has 5 rings (SSSR count). The second-order valence-electron chi connectivity index (χ2n) is 8.62. The first-order valence-corrected chi connectivity index (χ1v) is 11.9. The van der Waals surface area contributed by atoms with Crippen LogP contribution in [0, 0.1) is 6.92 Å². The number of aryl methyl sites for hydroxylation is 2. The Morgan fingerprint density at radius 2 is 1.64 bits per heavy atom.